The van der Waals surface area contributed by atoms with Crippen LogP contribution >= 0.6 is 0 Å². The number of ether oxygens (including phenoxy) is 1. The number of rotatable bonds is 9. The molecule has 1 atom stereocenters. The molecule has 0 spiro atoms. The van der Waals surface area contributed by atoms with E-state index in [2.05, 4.69) is 39.0 Å². The summed E-state index contributed by atoms with van der Waals surface area (Å²) in [6.07, 6.45) is 6.61. The highest BCUT2D eigenvalue weighted by Gasteiger charge is 2.42. The Balaban J connectivity index is 1.33. The smallest absolute Gasteiger partial charge is 0.272 e. The van der Waals surface area contributed by atoms with E-state index >= 15 is 0 Å². The first-order valence-electron chi connectivity index (χ1n) is 12.9. The number of carbonyl (C=O) groups excluding carboxylic acids is 1. The molecule has 3 aromatic rings. The Morgan fingerprint density at radius 1 is 1.06 bits per heavy atom. The Bertz CT molecular complexity index is 1150. The molecule has 2 fully saturated rings. The van der Waals surface area contributed by atoms with Gasteiger partial charge in [0.2, 0.25) is 0 Å². The zero-order chi connectivity index (χ0) is 24.9. The average molecular weight is 488 g/mol. The van der Waals surface area contributed by atoms with Crippen molar-refractivity contribution < 1.29 is 13.9 Å². The summed E-state index contributed by atoms with van der Waals surface area (Å²) < 4.78 is 19.7. The van der Waals surface area contributed by atoms with Gasteiger partial charge < -0.3 is 9.64 Å². The van der Waals surface area contributed by atoms with Crippen molar-refractivity contribution in [3.8, 4) is 5.75 Å². The summed E-state index contributed by atoms with van der Waals surface area (Å²) in [6.45, 7) is 2.36. The van der Waals surface area contributed by atoms with Gasteiger partial charge in [0.1, 0.15) is 17.3 Å². The van der Waals surface area contributed by atoms with Crippen LogP contribution in [-0.4, -0.2) is 53.0 Å². The van der Waals surface area contributed by atoms with Crippen LogP contribution in [0.4, 0.5) is 4.39 Å². The highest BCUT2D eigenvalue weighted by atomic mass is 19.1. The molecule has 0 unspecified atom stereocenters. The molecule has 1 aliphatic carbocycles. The molecule has 0 bridgehead atoms. The standard InChI is InChI=1S/C30H34FN3O2/c1-36-26-13-10-24(27(31)20-26)21-33-17-14-23(15-18-33)29(19-22-7-3-2-4-8-22)34(25-11-12-25)30(35)28-9-5-6-16-32-28/h2-10,13,16,20,23,25,29H,11-12,14-15,17-19,21H2,1H3/t29-/m0/s1. The van der Waals surface area contributed by atoms with Crippen LogP contribution in [-0.2, 0) is 13.0 Å². The third-order valence-electron chi connectivity index (χ3n) is 7.53. The van der Waals surface area contributed by atoms with Crippen LogP contribution in [0, 0.1) is 11.7 Å². The predicted octanol–water partition coefficient (Wildman–Crippen LogP) is 5.36. The van der Waals surface area contributed by atoms with Gasteiger partial charge in [0, 0.05) is 36.5 Å². The third-order valence-corrected chi connectivity index (χ3v) is 7.53. The summed E-state index contributed by atoms with van der Waals surface area (Å²) in [5.41, 5.74) is 2.47. The summed E-state index contributed by atoms with van der Waals surface area (Å²) in [5.74, 6) is 0.743. The van der Waals surface area contributed by atoms with E-state index in [4.69, 9.17) is 4.74 Å². The number of hydrogen-bond donors (Lipinski definition) is 0. The Hall–Kier alpha value is -3.25. The Morgan fingerprint density at radius 2 is 1.81 bits per heavy atom. The molecule has 0 N–H and O–H groups in total. The Kier molecular flexibility index (Phi) is 7.61. The SMILES string of the molecule is COc1ccc(CN2CCC([C@H](Cc3ccccc3)N(C(=O)c3ccccn3)C3CC3)CC2)c(F)c1. The predicted molar refractivity (Wildman–Crippen MR) is 138 cm³/mol. The lowest BCUT2D eigenvalue weighted by Crippen LogP contribution is -2.50. The van der Waals surface area contributed by atoms with E-state index < -0.39 is 0 Å². The summed E-state index contributed by atoms with van der Waals surface area (Å²) >= 11 is 0. The lowest BCUT2D eigenvalue weighted by molar-refractivity contribution is 0.0476. The first kappa shape index (κ1) is 24.4. The second-order valence-corrected chi connectivity index (χ2v) is 9.99. The molecule has 1 saturated heterocycles. The Labute approximate surface area is 212 Å². The van der Waals surface area contributed by atoms with Crippen molar-refractivity contribution in [1.82, 2.24) is 14.8 Å². The van der Waals surface area contributed by atoms with E-state index in [1.165, 1.54) is 11.6 Å². The number of halogens is 1. The van der Waals surface area contributed by atoms with Gasteiger partial charge in [0.25, 0.3) is 5.91 Å². The van der Waals surface area contributed by atoms with Gasteiger partial charge in [0.15, 0.2) is 0 Å². The van der Waals surface area contributed by atoms with Crippen LogP contribution in [0.15, 0.2) is 72.9 Å². The van der Waals surface area contributed by atoms with E-state index in [0.29, 0.717) is 35.5 Å². The number of carbonyl (C=O) groups is 1. The van der Waals surface area contributed by atoms with Gasteiger partial charge in [-0.25, -0.2) is 4.39 Å². The average Bonchev–Trinajstić information content (AvgIpc) is 3.76. The minimum atomic E-state index is -0.223. The lowest BCUT2D eigenvalue weighted by atomic mass is 9.84. The van der Waals surface area contributed by atoms with Crippen molar-refractivity contribution >= 4 is 5.91 Å². The first-order chi connectivity index (χ1) is 17.6. The van der Waals surface area contributed by atoms with Crippen molar-refractivity contribution in [3.05, 3.63) is 95.6 Å². The van der Waals surface area contributed by atoms with Crippen molar-refractivity contribution in [3.63, 3.8) is 0 Å². The molecule has 2 aliphatic rings. The number of amides is 1. The van der Waals surface area contributed by atoms with Crippen LogP contribution in [0.2, 0.25) is 0 Å². The molecule has 1 amide bonds. The lowest BCUT2D eigenvalue weighted by Gasteiger charge is -2.42. The molecular weight excluding hydrogens is 453 g/mol. The van der Waals surface area contributed by atoms with E-state index in [9.17, 15) is 9.18 Å². The monoisotopic (exact) mass is 487 g/mol. The zero-order valence-electron chi connectivity index (χ0n) is 20.9. The molecule has 36 heavy (non-hydrogen) atoms. The second-order valence-electron chi connectivity index (χ2n) is 9.99. The quantitative estimate of drug-likeness (QED) is 0.408. The maximum atomic E-state index is 14.5. The fourth-order valence-electron chi connectivity index (χ4n) is 5.43. The highest BCUT2D eigenvalue weighted by Crippen LogP contribution is 2.36. The number of piperidine rings is 1. The molecule has 6 heteroatoms. The normalized spacial score (nSPS) is 17.5. The van der Waals surface area contributed by atoms with E-state index in [-0.39, 0.29) is 17.8 Å². The number of benzene rings is 2. The number of aromatic nitrogens is 1. The maximum Gasteiger partial charge on any atom is 0.272 e. The molecule has 0 radical (unpaired) electrons. The molecule has 1 saturated carbocycles. The summed E-state index contributed by atoms with van der Waals surface area (Å²) in [7, 11) is 1.55. The van der Waals surface area contributed by atoms with E-state index in [0.717, 1.165) is 45.2 Å². The molecule has 5 nitrogen and oxygen atoms in total. The van der Waals surface area contributed by atoms with Gasteiger partial charge in [-0.15, -0.1) is 0 Å². The third kappa shape index (κ3) is 5.76. The van der Waals surface area contributed by atoms with Gasteiger partial charge in [0.05, 0.1) is 7.11 Å². The van der Waals surface area contributed by atoms with Crippen LogP contribution in [0.25, 0.3) is 0 Å². The molecule has 2 heterocycles. The van der Waals surface area contributed by atoms with Gasteiger partial charge >= 0.3 is 0 Å². The summed E-state index contributed by atoms with van der Waals surface area (Å²) in [6, 6.07) is 21.5. The number of nitrogens with zero attached hydrogens (tertiary/aromatic N) is 3. The molecule has 1 aliphatic heterocycles. The van der Waals surface area contributed by atoms with Gasteiger partial charge in [-0.3, -0.25) is 14.7 Å². The minimum absolute atomic E-state index is 0.0433. The fourth-order valence-corrected chi connectivity index (χ4v) is 5.43. The summed E-state index contributed by atoms with van der Waals surface area (Å²) in [4.78, 5) is 22.6. The molecule has 188 valence electrons. The van der Waals surface area contributed by atoms with Crippen LogP contribution in [0.1, 0.15) is 47.3 Å². The molecule has 5 rings (SSSR count). The second kappa shape index (κ2) is 11.2. The summed E-state index contributed by atoms with van der Waals surface area (Å²) in [5, 5.41) is 0. The first-order valence-corrected chi connectivity index (χ1v) is 12.9. The highest BCUT2D eigenvalue weighted by molar-refractivity contribution is 5.93. The van der Waals surface area contributed by atoms with Gasteiger partial charge in [-0.05, 0) is 74.9 Å². The number of pyridine rings is 1. The molecular formula is C30H34FN3O2. The van der Waals surface area contributed by atoms with E-state index in [1.807, 2.05) is 36.4 Å². The fraction of sp³-hybridized carbons (Fsp3) is 0.400. The van der Waals surface area contributed by atoms with Crippen molar-refractivity contribution in [1.29, 1.82) is 0 Å². The van der Waals surface area contributed by atoms with Gasteiger partial charge in [-0.1, -0.05) is 42.5 Å². The number of likely N-dealkylation sites (tertiary alicyclic amines) is 1. The maximum absolute atomic E-state index is 14.5. The zero-order valence-corrected chi connectivity index (χ0v) is 20.9. The molecule has 2 aromatic carbocycles. The molecule has 1 aromatic heterocycles. The topological polar surface area (TPSA) is 45.7 Å². The van der Waals surface area contributed by atoms with E-state index in [1.54, 1.807) is 13.3 Å². The largest absolute Gasteiger partial charge is 0.497 e. The van der Waals surface area contributed by atoms with Gasteiger partial charge in [-0.2, -0.15) is 0 Å². The van der Waals surface area contributed by atoms with Crippen molar-refractivity contribution in [2.24, 2.45) is 5.92 Å². The van der Waals surface area contributed by atoms with Crippen LogP contribution in [0.5, 0.6) is 5.75 Å². The van der Waals surface area contributed by atoms with Crippen LogP contribution in [0.3, 0.4) is 0 Å². The van der Waals surface area contributed by atoms with Crippen molar-refractivity contribution in [2.45, 2.75) is 50.7 Å². The number of hydrogen-bond acceptors (Lipinski definition) is 4. The Morgan fingerprint density at radius 3 is 2.44 bits per heavy atom. The number of methoxy groups -OCH3 is 1. The van der Waals surface area contributed by atoms with Crippen LogP contribution < -0.4 is 4.74 Å². The van der Waals surface area contributed by atoms with Crippen molar-refractivity contribution in [2.75, 3.05) is 20.2 Å². The minimum Gasteiger partial charge on any atom is -0.497 e.